The molecule has 4 nitrogen and oxygen atoms in total. The summed E-state index contributed by atoms with van der Waals surface area (Å²) in [7, 11) is 0. The highest BCUT2D eigenvalue weighted by atomic mass is 35.5. The van der Waals surface area contributed by atoms with E-state index in [1.807, 2.05) is 24.3 Å². The second kappa shape index (κ2) is 5.15. The van der Waals surface area contributed by atoms with E-state index in [0.717, 1.165) is 16.5 Å². The highest BCUT2D eigenvalue weighted by Crippen LogP contribution is 2.31. The van der Waals surface area contributed by atoms with E-state index in [-0.39, 0.29) is 5.82 Å². The minimum atomic E-state index is 0.237. The molecule has 0 spiro atoms. The molecule has 100 valence electrons. The van der Waals surface area contributed by atoms with Gasteiger partial charge in [0.05, 0.1) is 10.0 Å². The molecule has 3 N–H and O–H groups in total. The van der Waals surface area contributed by atoms with E-state index in [4.69, 9.17) is 28.9 Å². The van der Waals surface area contributed by atoms with Gasteiger partial charge >= 0.3 is 0 Å². The molecule has 3 aromatic rings. The van der Waals surface area contributed by atoms with Crippen molar-refractivity contribution >= 4 is 51.3 Å². The molecule has 20 heavy (non-hydrogen) atoms. The summed E-state index contributed by atoms with van der Waals surface area (Å²) < 4.78 is 0. The van der Waals surface area contributed by atoms with Crippen molar-refractivity contribution in [3.05, 3.63) is 52.8 Å². The molecule has 0 radical (unpaired) electrons. The number of nitrogens with two attached hydrogens (primary N) is 1. The summed E-state index contributed by atoms with van der Waals surface area (Å²) in [4.78, 5) is 8.26. The first-order valence-corrected chi connectivity index (χ1v) is 6.62. The summed E-state index contributed by atoms with van der Waals surface area (Å²) in [5, 5.41) is 5.97. The number of nitrogens with one attached hydrogen (secondary N) is 1. The number of halogens is 2. The fraction of sp³-hybridized carbons (Fsp3) is 0. The second-order valence-corrected chi connectivity index (χ2v) is 5.03. The predicted octanol–water partition coefficient (Wildman–Crippen LogP) is 4.26. The van der Waals surface area contributed by atoms with Crippen LogP contribution in [-0.2, 0) is 0 Å². The molecule has 2 aromatic heterocycles. The van der Waals surface area contributed by atoms with Crippen LogP contribution in [0.3, 0.4) is 0 Å². The number of fused-ring (bicyclic) bond motifs is 1. The summed E-state index contributed by atoms with van der Waals surface area (Å²) in [6.45, 7) is 0. The van der Waals surface area contributed by atoms with Crippen molar-refractivity contribution in [3.63, 3.8) is 0 Å². The van der Waals surface area contributed by atoms with Crippen molar-refractivity contribution in [2.24, 2.45) is 0 Å². The zero-order chi connectivity index (χ0) is 14.1. The first-order chi connectivity index (χ1) is 9.65. The van der Waals surface area contributed by atoms with Gasteiger partial charge in [-0.15, -0.1) is 0 Å². The van der Waals surface area contributed by atoms with Gasteiger partial charge in [-0.3, -0.25) is 4.98 Å². The molecule has 0 saturated carbocycles. The molecule has 0 aliphatic carbocycles. The lowest BCUT2D eigenvalue weighted by molar-refractivity contribution is 1.32. The van der Waals surface area contributed by atoms with Crippen molar-refractivity contribution < 1.29 is 0 Å². The predicted molar refractivity (Wildman–Crippen MR) is 83.7 cm³/mol. The fourth-order valence-electron chi connectivity index (χ4n) is 1.93. The Labute approximate surface area is 125 Å². The van der Waals surface area contributed by atoms with Gasteiger partial charge in [-0.1, -0.05) is 35.3 Å². The SMILES string of the molecule is Nc1nc(Nc2cccc3cnccc23)c(Cl)cc1Cl. The average molecular weight is 305 g/mol. The number of anilines is 3. The molecule has 0 aliphatic rings. The molecule has 0 atom stereocenters. The van der Waals surface area contributed by atoms with Crippen LogP contribution >= 0.6 is 23.2 Å². The normalized spacial score (nSPS) is 10.7. The van der Waals surface area contributed by atoms with Crippen LogP contribution in [0.5, 0.6) is 0 Å². The standard InChI is InChI=1S/C14H10Cl2N4/c15-10-6-11(16)14(20-13(10)17)19-12-3-1-2-8-7-18-5-4-9(8)12/h1-7H,(H3,17,19,20). The van der Waals surface area contributed by atoms with Crippen molar-refractivity contribution in [2.75, 3.05) is 11.1 Å². The van der Waals surface area contributed by atoms with Crippen LogP contribution in [0.1, 0.15) is 0 Å². The van der Waals surface area contributed by atoms with Gasteiger partial charge in [-0.05, 0) is 18.2 Å². The Hall–Kier alpha value is -2.04. The maximum Gasteiger partial charge on any atom is 0.151 e. The summed E-state index contributed by atoms with van der Waals surface area (Å²) in [5.41, 5.74) is 6.58. The zero-order valence-corrected chi connectivity index (χ0v) is 11.8. The van der Waals surface area contributed by atoms with E-state index in [2.05, 4.69) is 15.3 Å². The zero-order valence-electron chi connectivity index (χ0n) is 10.3. The molecule has 0 amide bonds. The van der Waals surface area contributed by atoms with E-state index in [9.17, 15) is 0 Å². The molecule has 0 aliphatic heterocycles. The molecule has 0 unspecified atom stereocenters. The lowest BCUT2D eigenvalue weighted by Gasteiger charge is -2.11. The first kappa shape index (κ1) is 13.0. The smallest absolute Gasteiger partial charge is 0.151 e. The maximum atomic E-state index is 6.13. The summed E-state index contributed by atoms with van der Waals surface area (Å²) >= 11 is 12.0. The van der Waals surface area contributed by atoms with Crippen LogP contribution in [-0.4, -0.2) is 9.97 Å². The third-order valence-corrected chi connectivity index (χ3v) is 3.48. The molecule has 1 aromatic carbocycles. The first-order valence-electron chi connectivity index (χ1n) is 5.86. The van der Waals surface area contributed by atoms with Gasteiger partial charge in [0, 0.05) is 28.9 Å². The van der Waals surface area contributed by atoms with E-state index < -0.39 is 0 Å². The number of pyridine rings is 2. The number of hydrogen-bond donors (Lipinski definition) is 2. The van der Waals surface area contributed by atoms with E-state index >= 15 is 0 Å². The van der Waals surface area contributed by atoms with Crippen LogP contribution in [0.15, 0.2) is 42.7 Å². The van der Waals surface area contributed by atoms with E-state index in [0.29, 0.717) is 15.9 Å². The Morgan fingerprint density at radius 3 is 2.80 bits per heavy atom. The molecule has 0 bridgehead atoms. The minimum Gasteiger partial charge on any atom is -0.382 e. The highest BCUT2D eigenvalue weighted by molar-refractivity contribution is 6.37. The number of nitrogen functional groups attached to an aromatic ring is 1. The fourth-order valence-corrected chi connectivity index (χ4v) is 2.33. The number of hydrogen-bond acceptors (Lipinski definition) is 4. The number of nitrogens with zero attached hydrogens (tertiary/aromatic N) is 2. The maximum absolute atomic E-state index is 6.13. The molecule has 0 fully saturated rings. The average Bonchev–Trinajstić information content (AvgIpc) is 2.45. The molecular weight excluding hydrogens is 295 g/mol. The van der Waals surface area contributed by atoms with Crippen molar-refractivity contribution in [3.8, 4) is 0 Å². The van der Waals surface area contributed by atoms with Crippen LogP contribution in [0.2, 0.25) is 10.0 Å². The Morgan fingerprint density at radius 1 is 1.10 bits per heavy atom. The van der Waals surface area contributed by atoms with Gasteiger partial charge in [0.25, 0.3) is 0 Å². The van der Waals surface area contributed by atoms with Gasteiger partial charge in [0.1, 0.15) is 5.82 Å². The van der Waals surface area contributed by atoms with Crippen LogP contribution in [0.4, 0.5) is 17.3 Å². The molecule has 2 heterocycles. The van der Waals surface area contributed by atoms with Crippen LogP contribution in [0.25, 0.3) is 10.8 Å². The summed E-state index contributed by atoms with van der Waals surface area (Å²) in [5.74, 6) is 0.707. The Balaban J connectivity index is 2.08. The lowest BCUT2D eigenvalue weighted by Crippen LogP contribution is -1.99. The Bertz CT molecular complexity index is 784. The highest BCUT2D eigenvalue weighted by Gasteiger charge is 2.09. The van der Waals surface area contributed by atoms with Crippen LogP contribution < -0.4 is 11.1 Å². The van der Waals surface area contributed by atoms with Gasteiger partial charge in [0.15, 0.2) is 5.82 Å². The minimum absolute atomic E-state index is 0.237. The monoisotopic (exact) mass is 304 g/mol. The number of rotatable bonds is 2. The molecular formula is C14H10Cl2N4. The quantitative estimate of drug-likeness (QED) is 0.742. The largest absolute Gasteiger partial charge is 0.382 e. The van der Waals surface area contributed by atoms with Crippen molar-refractivity contribution in [2.45, 2.75) is 0 Å². The Morgan fingerprint density at radius 2 is 1.95 bits per heavy atom. The van der Waals surface area contributed by atoms with E-state index in [1.54, 1.807) is 18.5 Å². The molecule has 3 rings (SSSR count). The number of aromatic nitrogens is 2. The van der Waals surface area contributed by atoms with Crippen LogP contribution in [0, 0.1) is 0 Å². The van der Waals surface area contributed by atoms with Crippen molar-refractivity contribution in [1.82, 2.24) is 9.97 Å². The third kappa shape index (κ3) is 2.35. The summed E-state index contributed by atoms with van der Waals surface area (Å²) in [6.07, 6.45) is 3.53. The van der Waals surface area contributed by atoms with E-state index in [1.165, 1.54) is 0 Å². The van der Waals surface area contributed by atoms with Crippen molar-refractivity contribution in [1.29, 1.82) is 0 Å². The topological polar surface area (TPSA) is 63.8 Å². The third-order valence-electron chi connectivity index (χ3n) is 2.89. The second-order valence-electron chi connectivity index (χ2n) is 4.21. The summed E-state index contributed by atoms with van der Waals surface area (Å²) in [6, 6.07) is 9.34. The lowest BCUT2D eigenvalue weighted by atomic mass is 10.1. The molecule has 0 saturated heterocycles. The van der Waals surface area contributed by atoms with Gasteiger partial charge in [-0.25, -0.2) is 4.98 Å². The van der Waals surface area contributed by atoms with Gasteiger partial charge < -0.3 is 11.1 Å². The van der Waals surface area contributed by atoms with Gasteiger partial charge in [-0.2, -0.15) is 0 Å². The molecule has 6 heteroatoms. The Kier molecular flexibility index (Phi) is 3.34. The number of benzene rings is 1. The van der Waals surface area contributed by atoms with Gasteiger partial charge in [0.2, 0.25) is 0 Å².